The number of hydrogen-bond acceptors (Lipinski definition) is 11. The SMILES string of the molecule is CS(=O)CCCCCCC/C(=N\OS(=O)(=O)O)S[C@@H]1O[C@H](CO)[C@@H](O)[C@H](O)[C@H]1O. The molecular weight excluding hydrogens is 450 g/mol. The Balaban J connectivity index is 2.64. The lowest BCUT2D eigenvalue weighted by atomic mass is 10.0. The van der Waals surface area contributed by atoms with Crippen LogP contribution in [0.5, 0.6) is 0 Å². The first-order chi connectivity index (χ1) is 13.5. The molecule has 6 atom stereocenters. The van der Waals surface area contributed by atoms with Gasteiger partial charge in [0.25, 0.3) is 0 Å². The molecule has 14 heteroatoms. The van der Waals surface area contributed by atoms with Crippen molar-refractivity contribution in [3.05, 3.63) is 0 Å². The van der Waals surface area contributed by atoms with Crippen molar-refractivity contribution in [2.24, 2.45) is 5.16 Å². The topological polar surface area (TPSA) is 183 Å². The predicted molar refractivity (Wildman–Crippen MR) is 108 cm³/mol. The highest BCUT2D eigenvalue weighted by Crippen LogP contribution is 2.30. The van der Waals surface area contributed by atoms with E-state index in [9.17, 15) is 33.1 Å². The Morgan fingerprint density at radius 1 is 1.10 bits per heavy atom. The van der Waals surface area contributed by atoms with E-state index in [2.05, 4.69) is 9.44 Å². The summed E-state index contributed by atoms with van der Waals surface area (Å²) < 4.78 is 50.7. The Labute approximate surface area is 176 Å². The molecule has 0 aromatic heterocycles. The van der Waals surface area contributed by atoms with Gasteiger partial charge in [-0.3, -0.25) is 8.76 Å². The molecule has 1 heterocycles. The normalized spacial score (nSPS) is 29.6. The smallest absolute Gasteiger partial charge is 0.394 e. The van der Waals surface area contributed by atoms with E-state index < -0.39 is 57.7 Å². The predicted octanol–water partition coefficient (Wildman–Crippen LogP) is -0.628. The lowest BCUT2D eigenvalue weighted by Gasteiger charge is -2.39. The van der Waals surface area contributed by atoms with Gasteiger partial charge in [-0.25, -0.2) is 4.28 Å². The molecule has 1 aliphatic rings. The highest BCUT2D eigenvalue weighted by atomic mass is 32.3. The molecule has 1 unspecified atom stereocenters. The Morgan fingerprint density at radius 3 is 2.31 bits per heavy atom. The molecule has 0 aromatic carbocycles. The van der Waals surface area contributed by atoms with Crippen LogP contribution in [0.25, 0.3) is 0 Å². The van der Waals surface area contributed by atoms with Gasteiger partial charge in [-0.05, 0) is 19.3 Å². The summed E-state index contributed by atoms with van der Waals surface area (Å²) in [5.41, 5.74) is -1.14. The van der Waals surface area contributed by atoms with Crippen molar-refractivity contribution >= 4 is 38.0 Å². The summed E-state index contributed by atoms with van der Waals surface area (Å²) in [5.74, 6) is 0.641. The minimum Gasteiger partial charge on any atom is -0.394 e. The summed E-state index contributed by atoms with van der Waals surface area (Å²) in [4.78, 5) is 0. The van der Waals surface area contributed by atoms with Crippen molar-refractivity contribution in [3.63, 3.8) is 0 Å². The van der Waals surface area contributed by atoms with E-state index in [0.29, 0.717) is 12.2 Å². The van der Waals surface area contributed by atoms with E-state index in [1.165, 1.54) is 0 Å². The quantitative estimate of drug-likeness (QED) is 0.0789. The summed E-state index contributed by atoms with van der Waals surface area (Å²) in [6.45, 7) is -0.599. The van der Waals surface area contributed by atoms with Gasteiger partial charge in [-0.1, -0.05) is 36.2 Å². The van der Waals surface area contributed by atoms with Crippen LogP contribution in [0.4, 0.5) is 0 Å². The van der Waals surface area contributed by atoms with Crippen molar-refractivity contribution in [2.75, 3.05) is 18.6 Å². The minimum atomic E-state index is -4.82. The lowest BCUT2D eigenvalue weighted by molar-refractivity contribution is -0.205. The Bertz CT molecular complexity index is 642. The van der Waals surface area contributed by atoms with Crippen LogP contribution in [0.3, 0.4) is 0 Å². The second-order valence-electron chi connectivity index (χ2n) is 6.60. The Hall–Kier alpha value is -0.320. The molecule has 11 nitrogen and oxygen atoms in total. The van der Waals surface area contributed by atoms with Crippen molar-refractivity contribution < 1.29 is 46.6 Å². The average molecular weight is 480 g/mol. The second-order valence-corrected chi connectivity index (χ2v) is 10.3. The number of thioether (sulfide) groups is 1. The summed E-state index contributed by atoms with van der Waals surface area (Å²) in [6, 6.07) is 0. The molecule has 5 N–H and O–H groups in total. The first kappa shape index (κ1) is 26.7. The Morgan fingerprint density at radius 2 is 1.72 bits per heavy atom. The molecule has 172 valence electrons. The van der Waals surface area contributed by atoms with Crippen molar-refractivity contribution in [1.29, 1.82) is 0 Å². The first-order valence-electron chi connectivity index (χ1n) is 9.05. The lowest BCUT2D eigenvalue weighted by Crippen LogP contribution is -2.57. The van der Waals surface area contributed by atoms with Gasteiger partial charge in [0.15, 0.2) is 0 Å². The highest BCUT2D eigenvalue weighted by molar-refractivity contribution is 8.14. The van der Waals surface area contributed by atoms with Crippen LogP contribution in [0.1, 0.15) is 38.5 Å². The molecule has 1 fully saturated rings. The van der Waals surface area contributed by atoms with E-state index in [-0.39, 0.29) is 11.5 Å². The third-order valence-corrected chi connectivity index (χ3v) is 6.46. The van der Waals surface area contributed by atoms with Crippen molar-refractivity contribution in [2.45, 2.75) is 68.4 Å². The largest absolute Gasteiger partial charge is 0.466 e. The maximum absolute atomic E-state index is 11.0. The number of hydrogen-bond donors (Lipinski definition) is 5. The molecular formula is C15H29NO10S3. The zero-order valence-electron chi connectivity index (χ0n) is 16.0. The minimum absolute atomic E-state index is 0.0848. The number of ether oxygens (including phenoxy) is 1. The van der Waals surface area contributed by atoms with Gasteiger partial charge < -0.3 is 25.2 Å². The zero-order valence-corrected chi connectivity index (χ0v) is 18.4. The van der Waals surface area contributed by atoms with Gasteiger partial charge in [-0.15, -0.1) is 0 Å². The van der Waals surface area contributed by atoms with E-state index in [4.69, 9.17) is 9.29 Å². The van der Waals surface area contributed by atoms with Crippen LogP contribution in [-0.4, -0.2) is 91.1 Å². The van der Waals surface area contributed by atoms with Crippen LogP contribution in [-0.2, 0) is 30.2 Å². The van der Waals surface area contributed by atoms with Crippen LogP contribution in [0, 0.1) is 0 Å². The molecule has 0 aliphatic carbocycles. The van der Waals surface area contributed by atoms with Crippen molar-refractivity contribution in [3.8, 4) is 0 Å². The standard InChI is InChI=1S/C15H29NO10S3/c1-28(21)8-6-4-2-3-5-7-11(16-26-29(22,23)24)27-15-14(20)13(19)12(18)10(9-17)25-15/h10,12-15,17-20H,2-9H2,1H3,(H,22,23,24)/b16-11+/t10-,12-,13+,14-,15+,28?/m1/s1. The van der Waals surface area contributed by atoms with Gasteiger partial charge in [0.2, 0.25) is 0 Å². The van der Waals surface area contributed by atoms with E-state index in [1.807, 2.05) is 0 Å². The molecule has 0 bridgehead atoms. The fourth-order valence-electron chi connectivity index (χ4n) is 2.63. The van der Waals surface area contributed by atoms with Gasteiger partial charge in [0, 0.05) is 22.8 Å². The van der Waals surface area contributed by atoms with Crippen LogP contribution >= 0.6 is 11.8 Å². The maximum atomic E-state index is 11.0. The molecule has 1 rings (SSSR count). The molecule has 0 radical (unpaired) electrons. The molecule has 29 heavy (non-hydrogen) atoms. The first-order valence-corrected chi connectivity index (χ1v) is 13.0. The van der Waals surface area contributed by atoms with Gasteiger partial charge in [0.1, 0.15) is 34.9 Å². The molecule has 1 aliphatic heterocycles. The maximum Gasteiger partial charge on any atom is 0.466 e. The average Bonchev–Trinajstić information content (AvgIpc) is 2.64. The fourth-order valence-corrected chi connectivity index (χ4v) is 4.58. The number of unbranched alkanes of at least 4 members (excludes halogenated alkanes) is 4. The van der Waals surface area contributed by atoms with Crippen LogP contribution in [0.2, 0.25) is 0 Å². The molecule has 0 spiro atoms. The molecule has 0 aromatic rings. The number of oxime groups is 1. The van der Waals surface area contributed by atoms with Crippen LogP contribution in [0.15, 0.2) is 5.16 Å². The number of aliphatic hydroxyl groups excluding tert-OH is 4. The van der Waals surface area contributed by atoms with E-state index in [0.717, 1.165) is 37.4 Å². The Kier molecular flexibility index (Phi) is 12.1. The molecule has 0 amide bonds. The molecule has 1 saturated heterocycles. The third-order valence-electron chi connectivity index (χ3n) is 4.16. The summed E-state index contributed by atoms with van der Waals surface area (Å²) in [7, 11) is -5.64. The van der Waals surface area contributed by atoms with E-state index in [1.54, 1.807) is 6.26 Å². The fraction of sp³-hybridized carbons (Fsp3) is 0.933. The zero-order chi connectivity index (χ0) is 22.0. The number of nitrogens with zero attached hydrogens (tertiary/aromatic N) is 1. The monoisotopic (exact) mass is 479 g/mol. The van der Waals surface area contributed by atoms with Gasteiger partial charge >= 0.3 is 10.4 Å². The number of aliphatic hydroxyl groups is 4. The van der Waals surface area contributed by atoms with Gasteiger partial charge in [0.05, 0.1) is 6.61 Å². The van der Waals surface area contributed by atoms with Gasteiger partial charge in [-0.2, -0.15) is 8.42 Å². The molecule has 0 saturated carbocycles. The number of rotatable bonds is 12. The summed E-state index contributed by atoms with van der Waals surface area (Å²) in [5, 5.41) is 42.4. The summed E-state index contributed by atoms with van der Waals surface area (Å²) >= 11 is 0.766. The van der Waals surface area contributed by atoms with Crippen molar-refractivity contribution in [1.82, 2.24) is 0 Å². The second kappa shape index (κ2) is 13.2. The summed E-state index contributed by atoms with van der Waals surface area (Å²) in [6.07, 6.45) is 0.136. The van der Waals surface area contributed by atoms with E-state index >= 15 is 0 Å². The third kappa shape index (κ3) is 10.5. The van der Waals surface area contributed by atoms with Crippen LogP contribution < -0.4 is 0 Å². The highest BCUT2D eigenvalue weighted by Gasteiger charge is 2.44.